The van der Waals surface area contributed by atoms with Crippen molar-refractivity contribution in [3.63, 3.8) is 0 Å². The molecule has 2 nitrogen and oxygen atoms in total. The molecular formula is C23H30IN2+. The fraction of sp³-hybridized carbons (Fsp3) is 0.478. The number of hydrogen-bond donors (Lipinski definition) is 1. The van der Waals surface area contributed by atoms with Gasteiger partial charge < -0.3 is 5.32 Å². The van der Waals surface area contributed by atoms with E-state index >= 15 is 0 Å². The van der Waals surface area contributed by atoms with Crippen molar-refractivity contribution in [2.45, 2.75) is 54.4 Å². The number of halogens is 1. The lowest BCUT2D eigenvalue weighted by atomic mass is 9.71. The van der Waals surface area contributed by atoms with Crippen LogP contribution in [0.2, 0.25) is 0 Å². The quantitative estimate of drug-likeness (QED) is 0.554. The molecule has 0 amide bonds. The maximum absolute atomic E-state index is 9.31. The molecule has 0 aromatic heterocycles. The van der Waals surface area contributed by atoms with Gasteiger partial charge in [0.1, 0.15) is 0 Å². The second kappa shape index (κ2) is 7.62. The van der Waals surface area contributed by atoms with E-state index in [4.69, 9.17) is 0 Å². The molecule has 0 bridgehead atoms. The lowest BCUT2D eigenvalue weighted by Crippen LogP contribution is -3.34. The summed E-state index contributed by atoms with van der Waals surface area (Å²) in [7, 11) is 0. The molecule has 0 aliphatic heterocycles. The molecule has 1 atom stereocenters. The molecule has 26 heavy (non-hydrogen) atoms. The van der Waals surface area contributed by atoms with E-state index in [0.717, 1.165) is 24.1 Å². The second-order valence-electron chi connectivity index (χ2n) is 9.40. The van der Waals surface area contributed by atoms with E-state index in [-0.39, 0.29) is 10.8 Å². The minimum atomic E-state index is 0.113. The van der Waals surface area contributed by atoms with Crippen LogP contribution in [0.5, 0.6) is 0 Å². The van der Waals surface area contributed by atoms with Crippen molar-refractivity contribution in [3.8, 4) is 6.07 Å². The summed E-state index contributed by atoms with van der Waals surface area (Å²) in [5.41, 5.74) is 8.95. The third-order valence-electron chi connectivity index (χ3n) is 4.72. The second-order valence-corrected chi connectivity index (χ2v) is 10.7. The third kappa shape index (κ3) is 5.02. The maximum Gasteiger partial charge on any atom is 0.297 e. The molecule has 1 N–H and O–H groups in total. The molecule has 0 saturated carbocycles. The van der Waals surface area contributed by atoms with Gasteiger partial charge in [-0.3, -0.25) is 0 Å². The fourth-order valence-electron chi connectivity index (χ4n) is 3.42. The van der Waals surface area contributed by atoms with E-state index in [1.165, 1.54) is 20.4 Å². The van der Waals surface area contributed by atoms with Gasteiger partial charge in [0.25, 0.3) is 22.6 Å². The normalized spacial score (nSPS) is 16.8. The summed E-state index contributed by atoms with van der Waals surface area (Å²) in [6.07, 6.45) is 4.12. The highest BCUT2D eigenvalue weighted by atomic mass is 127. The van der Waals surface area contributed by atoms with Crippen LogP contribution in [0.4, 0.5) is 0 Å². The van der Waals surface area contributed by atoms with Gasteiger partial charge in [0.15, 0.2) is 3.57 Å². The van der Waals surface area contributed by atoms with E-state index < -0.39 is 0 Å². The Hall–Kier alpha value is -1.50. The first kappa shape index (κ1) is 20.8. The number of nitrogens with zero attached hydrogens (tertiary/aromatic N) is 1. The summed E-state index contributed by atoms with van der Waals surface area (Å²) in [6, 6.07) is 6.32. The molecule has 1 aromatic rings. The van der Waals surface area contributed by atoms with E-state index in [1.54, 1.807) is 0 Å². The van der Waals surface area contributed by atoms with E-state index in [2.05, 4.69) is 77.4 Å². The van der Waals surface area contributed by atoms with Crippen LogP contribution in [0.15, 0.2) is 35.8 Å². The molecule has 1 aromatic carbocycles. The number of hydrogen-bond acceptors (Lipinski definition) is 2. The van der Waals surface area contributed by atoms with Crippen molar-refractivity contribution in [1.82, 2.24) is 5.32 Å². The van der Waals surface area contributed by atoms with Gasteiger partial charge in [0, 0.05) is 23.2 Å². The van der Waals surface area contributed by atoms with E-state index in [9.17, 15) is 5.26 Å². The molecule has 0 saturated heterocycles. The minimum Gasteiger partial charge on any atom is -0.356 e. The van der Waals surface area contributed by atoms with Crippen molar-refractivity contribution in [1.29, 1.82) is 5.26 Å². The Balaban J connectivity index is 2.50. The molecule has 0 fully saturated rings. The largest absolute Gasteiger partial charge is 0.356 e. The first-order valence-corrected chi connectivity index (χ1v) is 10.2. The predicted octanol–water partition coefficient (Wildman–Crippen LogP) is 2.27. The molecule has 3 heteroatoms. The molecule has 0 radical (unpaired) electrons. The molecule has 138 valence electrons. The standard InChI is InChI=1S/C23H30IN2/c1-8-17(13-22(2,3)4)26-21-12-18-16(11-19(21)23(5,6)7)9-15(14-25)10-20(18)24/h9-10,12,19,24,26H,1,11,13H2,2-7H3/q+1. The van der Waals surface area contributed by atoms with Crippen molar-refractivity contribution in [3.05, 3.63) is 56.1 Å². The Labute approximate surface area is 172 Å². The molecule has 2 rings (SSSR count). The molecule has 1 unspecified atom stereocenters. The number of fused-ring (bicyclic) bond motifs is 1. The van der Waals surface area contributed by atoms with Gasteiger partial charge in [-0.05, 0) is 41.4 Å². The van der Waals surface area contributed by atoms with Crippen molar-refractivity contribution in [2.24, 2.45) is 16.7 Å². The predicted molar refractivity (Wildman–Crippen MR) is 106 cm³/mol. The highest BCUT2D eigenvalue weighted by molar-refractivity contribution is 5.62. The molecule has 0 heterocycles. The Kier molecular flexibility index (Phi) is 6.10. The summed E-state index contributed by atoms with van der Waals surface area (Å²) >= 11 is 2.00. The van der Waals surface area contributed by atoms with Crippen LogP contribution < -0.4 is 27.9 Å². The molecule has 0 spiro atoms. The molecule has 1 aliphatic rings. The summed E-state index contributed by atoms with van der Waals surface area (Å²) in [5, 5.41) is 13.0. The maximum atomic E-state index is 9.31. The molecular weight excluding hydrogens is 431 g/mol. The van der Waals surface area contributed by atoms with Crippen LogP contribution in [-0.4, -0.2) is 0 Å². The van der Waals surface area contributed by atoms with E-state index in [1.807, 2.05) is 28.7 Å². The Morgan fingerprint density at radius 2 is 1.92 bits per heavy atom. The zero-order chi connectivity index (χ0) is 19.7. The van der Waals surface area contributed by atoms with Crippen molar-refractivity contribution >= 4 is 6.08 Å². The highest BCUT2D eigenvalue weighted by Gasteiger charge is 2.34. The van der Waals surface area contributed by atoms with Gasteiger partial charge >= 0.3 is 0 Å². The number of nitrogens with one attached hydrogen (secondary N) is 1. The number of benzene rings is 1. The average Bonchev–Trinajstić information content (AvgIpc) is 2.51. The number of allylic oxidation sites excluding steroid dienone is 2. The van der Waals surface area contributed by atoms with Crippen LogP contribution in [0, 0.1) is 31.6 Å². The van der Waals surface area contributed by atoms with E-state index in [0.29, 0.717) is 5.92 Å². The highest BCUT2D eigenvalue weighted by Crippen LogP contribution is 2.39. The minimum absolute atomic E-state index is 0.113. The van der Waals surface area contributed by atoms with Crippen LogP contribution in [0.1, 0.15) is 64.7 Å². The van der Waals surface area contributed by atoms with Gasteiger partial charge in [-0.1, -0.05) is 48.1 Å². The zero-order valence-electron chi connectivity index (χ0n) is 16.8. The summed E-state index contributed by atoms with van der Waals surface area (Å²) < 4.78 is 1.17. The Morgan fingerprint density at radius 1 is 1.27 bits per heavy atom. The monoisotopic (exact) mass is 461 g/mol. The lowest BCUT2D eigenvalue weighted by Gasteiger charge is -2.37. The van der Waals surface area contributed by atoms with Gasteiger partial charge in [-0.25, -0.2) is 0 Å². The Bertz CT molecular complexity index is 819. The summed E-state index contributed by atoms with van der Waals surface area (Å²) in [6.45, 7) is 17.4. The van der Waals surface area contributed by atoms with Gasteiger partial charge in [0.2, 0.25) is 0 Å². The lowest BCUT2D eigenvalue weighted by molar-refractivity contribution is -0.328. The third-order valence-corrected chi connectivity index (χ3v) is 5.68. The van der Waals surface area contributed by atoms with Crippen LogP contribution in [0.25, 0.3) is 6.08 Å². The summed E-state index contributed by atoms with van der Waals surface area (Å²) in [5.74, 6) is 0.355. The van der Waals surface area contributed by atoms with Crippen molar-refractivity contribution in [2.75, 3.05) is 0 Å². The van der Waals surface area contributed by atoms with Crippen LogP contribution in [0.3, 0.4) is 0 Å². The zero-order valence-corrected chi connectivity index (χ0v) is 19.1. The first-order chi connectivity index (χ1) is 11.9. The van der Waals surface area contributed by atoms with Gasteiger partial charge in [0.05, 0.1) is 17.3 Å². The van der Waals surface area contributed by atoms with Crippen LogP contribution in [-0.2, 0) is 6.42 Å². The topological polar surface area (TPSA) is 35.8 Å². The average molecular weight is 461 g/mol. The first-order valence-electron chi connectivity index (χ1n) is 9.06. The SMILES string of the molecule is C=C=C(CC(C)(C)C)NC1=Cc2c([IH+])cc(C#N)cc2CC1C(C)(C)C. The number of nitriles is 1. The number of rotatable bonds is 3. The molecule has 1 aliphatic carbocycles. The Morgan fingerprint density at radius 3 is 2.42 bits per heavy atom. The van der Waals surface area contributed by atoms with Gasteiger partial charge in [-0.15, -0.1) is 5.73 Å². The summed E-state index contributed by atoms with van der Waals surface area (Å²) in [4.78, 5) is 0. The smallest absolute Gasteiger partial charge is 0.297 e. The van der Waals surface area contributed by atoms with Crippen LogP contribution >= 0.6 is 0 Å². The fourth-order valence-corrected chi connectivity index (χ4v) is 4.32. The van der Waals surface area contributed by atoms with Gasteiger partial charge in [-0.2, -0.15) is 5.26 Å². The van der Waals surface area contributed by atoms with Crippen molar-refractivity contribution < 1.29 is 22.6 Å².